The summed E-state index contributed by atoms with van der Waals surface area (Å²) in [6, 6.07) is 6.11. The van der Waals surface area contributed by atoms with E-state index in [1.165, 1.54) is 12.8 Å². The smallest absolute Gasteiger partial charge is 0.310 e. The average Bonchev–Trinajstić information content (AvgIpc) is 3.16. The summed E-state index contributed by atoms with van der Waals surface area (Å²) in [5, 5.41) is 0. The highest BCUT2D eigenvalue weighted by Crippen LogP contribution is 2.45. The van der Waals surface area contributed by atoms with Crippen LogP contribution in [0.4, 0.5) is 5.69 Å². The molecule has 2 aliphatic rings. The van der Waals surface area contributed by atoms with Crippen molar-refractivity contribution in [1.82, 2.24) is 0 Å². The topological polar surface area (TPSA) is 38.7 Å². The molecule has 1 aromatic rings. The SMILES string of the molecule is C=C1CC(=O)OC(CCC#Cc2ccc(C)c(N=CC)c2)(C2CCCC2)C1. The number of hydrogen-bond acceptors (Lipinski definition) is 3. The van der Waals surface area contributed by atoms with Crippen LogP contribution >= 0.6 is 0 Å². The van der Waals surface area contributed by atoms with Gasteiger partial charge in [-0.05, 0) is 56.7 Å². The van der Waals surface area contributed by atoms with Crippen molar-refractivity contribution in [1.29, 1.82) is 0 Å². The number of esters is 1. The van der Waals surface area contributed by atoms with E-state index in [-0.39, 0.29) is 11.6 Å². The van der Waals surface area contributed by atoms with Gasteiger partial charge in [0.15, 0.2) is 0 Å². The highest BCUT2D eigenvalue weighted by atomic mass is 16.6. The van der Waals surface area contributed by atoms with Gasteiger partial charge in [0, 0.05) is 24.6 Å². The van der Waals surface area contributed by atoms with Crippen LogP contribution < -0.4 is 0 Å². The number of aliphatic imine (C=N–C) groups is 1. The van der Waals surface area contributed by atoms with Crippen molar-refractivity contribution >= 4 is 17.9 Å². The van der Waals surface area contributed by atoms with E-state index in [0.717, 1.165) is 54.5 Å². The lowest BCUT2D eigenvalue weighted by atomic mass is 9.76. The summed E-state index contributed by atoms with van der Waals surface area (Å²) < 4.78 is 5.96. The first-order valence-corrected chi connectivity index (χ1v) is 9.99. The second-order valence-electron chi connectivity index (χ2n) is 7.81. The summed E-state index contributed by atoms with van der Waals surface area (Å²) in [7, 11) is 0. The van der Waals surface area contributed by atoms with Gasteiger partial charge in [0.1, 0.15) is 5.60 Å². The Morgan fingerprint density at radius 3 is 2.85 bits per heavy atom. The molecule has 0 aromatic heterocycles. The van der Waals surface area contributed by atoms with E-state index in [1.807, 2.05) is 19.1 Å². The van der Waals surface area contributed by atoms with Crippen molar-refractivity contribution in [3.63, 3.8) is 0 Å². The Bertz CT molecular complexity index is 787. The molecule has 3 nitrogen and oxygen atoms in total. The number of ether oxygens (including phenoxy) is 1. The fraction of sp³-hybridized carbons (Fsp3) is 0.500. The molecule has 1 atom stereocenters. The van der Waals surface area contributed by atoms with Crippen LogP contribution in [-0.2, 0) is 9.53 Å². The lowest BCUT2D eigenvalue weighted by Crippen LogP contribution is -2.45. The van der Waals surface area contributed by atoms with Gasteiger partial charge in [0.2, 0.25) is 0 Å². The molecule has 0 bridgehead atoms. The largest absolute Gasteiger partial charge is 0.458 e. The predicted octanol–water partition coefficient (Wildman–Crippen LogP) is 5.67. The first kappa shape index (κ1) is 19.4. The summed E-state index contributed by atoms with van der Waals surface area (Å²) in [5.74, 6) is 6.88. The zero-order valence-corrected chi connectivity index (χ0v) is 16.5. The monoisotopic (exact) mass is 363 g/mol. The number of carbonyl (C=O) groups excluding carboxylic acids is 1. The van der Waals surface area contributed by atoms with Gasteiger partial charge in [-0.25, -0.2) is 0 Å². The molecule has 1 heterocycles. The molecule has 3 heteroatoms. The van der Waals surface area contributed by atoms with Gasteiger partial charge in [0.25, 0.3) is 0 Å². The highest BCUT2D eigenvalue weighted by Gasteiger charge is 2.45. The molecule has 27 heavy (non-hydrogen) atoms. The summed E-state index contributed by atoms with van der Waals surface area (Å²) in [6.45, 7) is 8.06. The molecule has 1 saturated heterocycles. The van der Waals surface area contributed by atoms with Crippen LogP contribution in [0.15, 0.2) is 35.3 Å². The minimum Gasteiger partial charge on any atom is -0.458 e. The van der Waals surface area contributed by atoms with Gasteiger partial charge in [-0.2, -0.15) is 0 Å². The Labute approximate surface area is 162 Å². The van der Waals surface area contributed by atoms with E-state index in [9.17, 15) is 4.79 Å². The van der Waals surface area contributed by atoms with E-state index >= 15 is 0 Å². The number of hydrogen-bond donors (Lipinski definition) is 0. The van der Waals surface area contributed by atoms with Crippen molar-refractivity contribution < 1.29 is 9.53 Å². The van der Waals surface area contributed by atoms with Crippen molar-refractivity contribution in [3.8, 4) is 11.8 Å². The second kappa shape index (κ2) is 8.57. The first-order chi connectivity index (χ1) is 13.0. The van der Waals surface area contributed by atoms with Gasteiger partial charge in [-0.1, -0.05) is 42.9 Å². The molecule has 0 N–H and O–H groups in total. The Morgan fingerprint density at radius 1 is 1.37 bits per heavy atom. The molecule has 1 aromatic carbocycles. The van der Waals surface area contributed by atoms with E-state index < -0.39 is 0 Å². The van der Waals surface area contributed by atoms with Gasteiger partial charge >= 0.3 is 5.97 Å². The maximum atomic E-state index is 12.1. The first-order valence-electron chi connectivity index (χ1n) is 9.99. The Hall–Kier alpha value is -2.34. The summed E-state index contributed by atoms with van der Waals surface area (Å²) in [6.07, 6.45) is 9.22. The zero-order valence-electron chi connectivity index (χ0n) is 16.5. The number of cyclic esters (lactones) is 1. The van der Waals surface area contributed by atoms with Crippen molar-refractivity contribution in [2.45, 2.75) is 70.8 Å². The van der Waals surface area contributed by atoms with Crippen LogP contribution in [0.2, 0.25) is 0 Å². The van der Waals surface area contributed by atoms with Gasteiger partial charge in [-0.3, -0.25) is 9.79 Å². The van der Waals surface area contributed by atoms with E-state index in [2.05, 4.69) is 36.4 Å². The lowest BCUT2D eigenvalue weighted by molar-refractivity contribution is -0.171. The third-order valence-electron chi connectivity index (χ3n) is 5.74. The fourth-order valence-corrected chi connectivity index (χ4v) is 4.42. The molecule has 1 saturated carbocycles. The molecule has 1 aliphatic heterocycles. The van der Waals surface area contributed by atoms with Crippen LogP contribution in [0.25, 0.3) is 0 Å². The Balaban J connectivity index is 1.72. The minimum absolute atomic E-state index is 0.119. The van der Waals surface area contributed by atoms with E-state index in [4.69, 9.17) is 4.74 Å². The molecule has 0 radical (unpaired) electrons. The third-order valence-corrected chi connectivity index (χ3v) is 5.74. The lowest BCUT2D eigenvalue weighted by Gasteiger charge is -2.42. The molecular formula is C24H29NO2. The van der Waals surface area contributed by atoms with Crippen LogP contribution in [0.1, 0.15) is 69.4 Å². The molecule has 0 amide bonds. The predicted molar refractivity (Wildman–Crippen MR) is 110 cm³/mol. The molecule has 3 rings (SSSR count). The maximum absolute atomic E-state index is 12.1. The molecule has 142 valence electrons. The number of nitrogens with zero attached hydrogens (tertiary/aromatic N) is 1. The molecular weight excluding hydrogens is 334 g/mol. The van der Waals surface area contributed by atoms with Crippen molar-refractivity contribution in [3.05, 3.63) is 41.5 Å². The van der Waals surface area contributed by atoms with E-state index in [1.54, 1.807) is 6.21 Å². The quantitative estimate of drug-likeness (QED) is 0.299. The van der Waals surface area contributed by atoms with Crippen molar-refractivity contribution in [2.24, 2.45) is 10.9 Å². The Kier molecular flexibility index (Phi) is 6.16. The maximum Gasteiger partial charge on any atom is 0.310 e. The Morgan fingerprint density at radius 2 is 2.15 bits per heavy atom. The fourth-order valence-electron chi connectivity index (χ4n) is 4.42. The van der Waals surface area contributed by atoms with Crippen LogP contribution in [0.3, 0.4) is 0 Å². The summed E-state index contributed by atoms with van der Waals surface area (Å²) in [5.41, 5.74) is 3.70. The zero-order chi connectivity index (χ0) is 19.3. The number of rotatable bonds is 4. The number of aryl methyl sites for hydroxylation is 1. The average molecular weight is 364 g/mol. The summed E-state index contributed by atoms with van der Waals surface area (Å²) in [4.78, 5) is 16.5. The summed E-state index contributed by atoms with van der Waals surface area (Å²) >= 11 is 0. The molecule has 1 aliphatic carbocycles. The number of benzene rings is 1. The van der Waals surface area contributed by atoms with Gasteiger partial charge in [-0.15, -0.1) is 0 Å². The molecule has 0 spiro atoms. The molecule has 1 unspecified atom stereocenters. The minimum atomic E-state index is -0.386. The van der Waals surface area contributed by atoms with Gasteiger partial charge < -0.3 is 4.74 Å². The van der Waals surface area contributed by atoms with Crippen LogP contribution in [0.5, 0.6) is 0 Å². The van der Waals surface area contributed by atoms with E-state index in [0.29, 0.717) is 12.3 Å². The standard InChI is InChI=1S/C24H29NO2/c1-4-25-22-16-20(13-12-19(22)3)9-7-8-14-24(21-10-5-6-11-21)17-18(2)15-23(26)27-24/h4,12-13,16,21H,2,5-6,8,10-11,14-15,17H2,1,3H3. The normalized spacial score (nSPS) is 23.3. The van der Waals surface area contributed by atoms with Crippen LogP contribution in [0, 0.1) is 24.7 Å². The number of carbonyl (C=O) groups is 1. The van der Waals surface area contributed by atoms with Gasteiger partial charge in [0.05, 0.1) is 12.1 Å². The van der Waals surface area contributed by atoms with Crippen molar-refractivity contribution in [2.75, 3.05) is 0 Å². The molecule has 2 fully saturated rings. The second-order valence-corrected chi connectivity index (χ2v) is 7.81. The van der Waals surface area contributed by atoms with Crippen LogP contribution in [-0.4, -0.2) is 17.8 Å². The highest BCUT2D eigenvalue weighted by molar-refractivity contribution is 5.74. The third kappa shape index (κ3) is 4.69.